The summed E-state index contributed by atoms with van der Waals surface area (Å²) in [5, 5.41) is 1.06. The van der Waals surface area contributed by atoms with Crippen molar-refractivity contribution >= 4 is 50.3 Å². The number of hydrogen-bond acceptors (Lipinski definition) is 7. The Hall–Kier alpha value is -2.65. The number of piperidine rings is 1. The normalized spacial score (nSPS) is 15.2. The summed E-state index contributed by atoms with van der Waals surface area (Å²) in [6, 6.07) is 12.1. The summed E-state index contributed by atoms with van der Waals surface area (Å²) >= 11 is 2.66. The summed E-state index contributed by atoms with van der Waals surface area (Å²) in [4.78, 5) is 23.2. The molecule has 4 aromatic rings. The third-order valence-corrected chi connectivity index (χ3v) is 6.71. The van der Waals surface area contributed by atoms with Crippen LogP contribution in [0.4, 0.5) is 4.39 Å². The largest absolute Gasteiger partial charge is 0.467 e. The van der Waals surface area contributed by atoms with Gasteiger partial charge in [0.1, 0.15) is 17.4 Å². The van der Waals surface area contributed by atoms with Gasteiger partial charge >= 0.3 is 0 Å². The van der Waals surface area contributed by atoms with Gasteiger partial charge in [-0.1, -0.05) is 35.2 Å². The zero-order valence-corrected chi connectivity index (χ0v) is 17.5. The van der Waals surface area contributed by atoms with Gasteiger partial charge in [0.05, 0.1) is 16.0 Å². The third-order valence-electron chi connectivity index (χ3n) is 4.99. The second kappa shape index (κ2) is 8.23. The smallest absolute Gasteiger partial charge is 0.274 e. The average molecular weight is 444 g/mol. The van der Waals surface area contributed by atoms with Gasteiger partial charge in [-0.15, -0.1) is 0 Å². The number of nitrogens with zero attached hydrogens (tertiary/aromatic N) is 3. The minimum Gasteiger partial charge on any atom is -0.467 e. The van der Waals surface area contributed by atoms with Crippen molar-refractivity contribution in [3.05, 3.63) is 48.3 Å². The molecule has 1 aliphatic heterocycles. The number of hydrogen-bond donors (Lipinski definition) is 0. The van der Waals surface area contributed by atoms with Crippen LogP contribution in [0.1, 0.15) is 12.8 Å². The quantitative estimate of drug-likeness (QED) is 0.415. The zero-order chi connectivity index (χ0) is 20.5. The molecular weight excluding hydrogens is 425 g/mol. The second-order valence-electron chi connectivity index (χ2n) is 7.03. The van der Waals surface area contributed by atoms with Gasteiger partial charge < -0.3 is 14.1 Å². The van der Waals surface area contributed by atoms with Crippen LogP contribution in [0.2, 0.25) is 0 Å². The first kappa shape index (κ1) is 19.3. The molecule has 0 radical (unpaired) electrons. The van der Waals surface area contributed by atoms with E-state index in [9.17, 15) is 9.18 Å². The fourth-order valence-electron chi connectivity index (χ4n) is 3.42. The Labute approximate surface area is 180 Å². The summed E-state index contributed by atoms with van der Waals surface area (Å²) in [5.74, 6) is 0.0818. The van der Waals surface area contributed by atoms with Crippen molar-refractivity contribution in [2.24, 2.45) is 0 Å². The summed E-state index contributed by atoms with van der Waals surface area (Å²) in [6.07, 6.45) is 1.48. The number of fused-ring (bicyclic) bond motifs is 2. The van der Waals surface area contributed by atoms with E-state index in [1.807, 2.05) is 29.2 Å². The molecule has 30 heavy (non-hydrogen) atoms. The molecule has 0 aliphatic carbocycles. The standard InChI is InChI=1S/C21H18FN3O3S2/c22-13-5-6-16-18(11-13)30-21(24-16)27-14-7-9-25(10-8-14)19(26)12-29-20-23-15-3-1-2-4-17(15)28-20/h1-6,11,14H,7-10,12H2. The van der Waals surface area contributed by atoms with Crippen LogP contribution in [0.15, 0.2) is 52.1 Å². The van der Waals surface area contributed by atoms with E-state index in [0.29, 0.717) is 29.3 Å². The molecule has 5 rings (SSSR count). The molecular formula is C21H18FN3O3S2. The number of thioether (sulfide) groups is 1. The predicted octanol–water partition coefficient (Wildman–Crippen LogP) is 4.74. The van der Waals surface area contributed by atoms with Gasteiger partial charge in [0.15, 0.2) is 5.58 Å². The number of amides is 1. The molecule has 9 heteroatoms. The lowest BCUT2D eigenvalue weighted by Crippen LogP contribution is -2.42. The number of thiazole rings is 1. The molecule has 0 saturated carbocycles. The van der Waals surface area contributed by atoms with E-state index < -0.39 is 0 Å². The van der Waals surface area contributed by atoms with Crippen molar-refractivity contribution in [3.63, 3.8) is 0 Å². The molecule has 154 valence electrons. The number of carbonyl (C=O) groups excluding carboxylic acids is 1. The van der Waals surface area contributed by atoms with Crippen LogP contribution >= 0.6 is 23.1 Å². The predicted molar refractivity (Wildman–Crippen MR) is 115 cm³/mol. The molecule has 3 heterocycles. The fourth-order valence-corrected chi connectivity index (χ4v) is 5.07. The molecule has 0 spiro atoms. The number of aromatic nitrogens is 2. The zero-order valence-electron chi connectivity index (χ0n) is 15.9. The van der Waals surface area contributed by atoms with Crippen molar-refractivity contribution < 1.29 is 18.3 Å². The first-order valence-electron chi connectivity index (χ1n) is 9.63. The lowest BCUT2D eigenvalue weighted by Gasteiger charge is -2.31. The van der Waals surface area contributed by atoms with E-state index in [4.69, 9.17) is 9.15 Å². The highest BCUT2D eigenvalue weighted by atomic mass is 32.2. The maximum absolute atomic E-state index is 13.3. The fraction of sp³-hybridized carbons (Fsp3) is 0.286. The van der Waals surface area contributed by atoms with E-state index in [1.165, 1.54) is 35.2 Å². The number of rotatable bonds is 5. The van der Waals surface area contributed by atoms with E-state index in [-0.39, 0.29) is 17.8 Å². The SMILES string of the molecule is O=C(CSc1nc2ccccc2o1)N1CCC(Oc2nc3ccc(F)cc3s2)CC1. The number of carbonyl (C=O) groups is 1. The summed E-state index contributed by atoms with van der Waals surface area (Å²) < 4.78 is 25.8. The molecule has 2 aromatic carbocycles. The van der Waals surface area contributed by atoms with Crippen LogP contribution in [-0.2, 0) is 4.79 Å². The molecule has 2 aromatic heterocycles. The number of ether oxygens (including phenoxy) is 1. The first-order valence-corrected chi connectivity index (χ1v) is 11.4. The minimum atomic E-state index is -0.278. The number of oxazole rings is 1. The Balaban J connectivity index is 1.12. The third kappa shape index (κ3) is 4.13. The van der Waals surface area contributed by atoms with Crippen LogP contribution in [0, 0.1) is 5.82 Å². The number of halogens is 1. The minimum absolute atomic E-state index is 0.00384. The first-order chi connectivity index (χ1) is 14.6. The average Bonchev–Trinajstić information content (AvgIpc) is 3.35. The molecule has 6 nitrogen and oxygen atoms in total. The van der Waals surface area contributed by atoms with E-state index in [2.05, 4.69) is 9.97 Å². The van der Waals surface area contributed by atoms with E-state index in [1.54, 1.807) is 6.07 Å². The molecule has 1 amide bonds. The monoisotopic (exact) mass is 443 g/mol. The van der Waals surface area contributed by atoms with Gasteiger partial charge in [0, 0.05) is 25.9 Å². The molecule has 1 aliphatic rings. The van der Waals surface area contributed by atoms with Crippen LogP contribution in [-0.4, -0.2) is 45.7 Å². The molecule has 0 bridgehead atoms. The molecule has 1 saturated heterocycles. The lowest BCUT2D eigenvalue weighted by molar-refractivity contribution is -0.130. The lowest BCUT2D eigenvalue weighted by atomic mass is 10.1. The molecule has 1 fully saturated rings. The van der Waals surface area contributed by atoms with Crippen LogP contribution in [0.25, 0.3) is 21.3 Å². The van der Waals surface area contributed by atoms with Crippen molar-refractivity contribution in [1.82, 2.24) is 14.9 Å². The Bertz CT molecular complexity index is 1170. The van der Waals surface area contributed by atoms with Gasteiger partial charge in [0.2, 0.25) is 5.91 Å². The van der Waals surface area contributed by atoms with Crippen LogP contribution < -0.4 is 4.74 Å². The summed E-state index contributed by atoms with van der Waals surface area (Å²) in [7, 11) is 0. The Morgan fingerprint density at radius 2 is 2.03 bits per heavy atom. The molecule has 0 atom stereocenters. The number of likely N-dealkylation sites (tertiary alicyclic amines) is 1. The molecule has 0 N–H and O–H groups in total. The maximum Gasteiger partial charge on any atom is 0.274 e. The van der Waals surface area contributed by atoms with Gasteiger partial charge in [-0.2, -0.15) is 0 Å². The van der Waals surface area contributed by atoms with Crippen LogP contribution in [0.3, 0.4) is 0 Å². The van der Waals surface area contributed by atoms with E-state index in [0.717, 1.165) is 34.2 Å². The topological polar surface area (TPSA) is 68.5 Å². The number of para-hydroxylation sites is 2. The van der Waals surface area contributed by atoms with Gasteiger partial charge in [0.25, 0.3) is 10.4 Å². The highest BCUT2D eigenvalue weighted by Gasteiger charge is 2.25. The van der Waals surface area contributed by atoms with Crippen LogP contribution in [0.5, 0.6) is 5.19 Å². The van der Waals surface area contributed by atoms with Crippen molar-refractivity contribution in [2.45, 2.75) is 24.2 Å². The van der Waals surface area contributed by atoms with Crippen molar-refractivity contribution in [2.75, 3.05) is 18.8 Å². The maximum atomic E-state index is 13.3. The van der Waals surface area contributed by atoms with Gasteiger partial charge in [-0.05, 0) is 30.3 Å². The number of benzene rings is 2. The summed E-state index contributed by atoms with van der Waals surface area (Å²) in [6.45, 7) is 1.27. The Kier molecular flexibility index (Phi) is 5.30. The van der Waals surface area contributed by atoms with Gasteiger partial charge in [-0.25, -0.2) is 14.4 Å². The highest BCUT2D eigenvalue weighted by molar-refractivity contribution is 7.99. The summed E-state index contributed by atoms with van der Waals surface area (Å²) in [5.41, 5.74) is 2.26. The second-order valence-corrected chi connectivity index (χ2v) is 8.95. The van der Waals surface area contributed by atoms with Crippen molar-refractivity contribution in [3.8, 4) is 5.19 Å². The highest BCUT2D eigenvalue weighted by Crippen LogP contribution is 2.30. The Morgan fingerprint density at radius 1 is 1.20 bits per heavy atom. The van der Waals surface area contributed by atoms with Crippen molar-refractivity contribution in [1.29, 1.82) is 0 Å². The van der Waals surface area contributed by atoms with Gasteiger partial charge in [-0.3, -0.25) is 4.79 Å². The Morgan fingerprint density at radius 3 is 2.87 bits per heavy atom. The van der Waals surface area contributed by atoms with E-state index >= 15 is 0 Å². The molecule has 0 unspecified atom stereocenters.